The molecule has 0 aromatic rings. The number of nitrogens with one attached hydrogen (secondary N) is 4. The summed E-state index contributed by atoms with van der Waals surface area (Å²) in [6, 6.07) is -11.7. The second kappa shape index (κ2) is 42.5. The first-order chi connectivity index (χ1) is 45.5. The molecule has 0 rings (SSSR count). The number of amides is 11. The van der Waals surface area contributed by atoms with Gasteiger partial charge < -0.3 is 69.8 Å². The smallest absolute Gasteiger partial charge is 0.408 e. The topological polar surface area (TPSA) is 320 Å². The predicted molar refractivity (Wildman–Crippen MR) is 380 cm³/mol. The third-order valence-electron chi connectivity index (χ3n) is 17.1. The van der Waals surface area contributed by atoms with E-state index in [0.29, 0.717) is 6.42 Å². The molecule has 0 radical (unpaired) electrons. The predicted octanol–water partition coefficient (Wildman–Crippen LogP) is 5.96. The summed E-state index contributed by atoms with van der Waals surface area (Å²) in [6.45, 7) is 35.8. The zero-order valence-electron chi connectivity index (χ0n) is 65.3. The molecule has 0 fully saturated rings. The number of allylic oxidation sites excluding steroid dienone is 2. The van der Waals surface area contributed by atoms with Crippen LogP contribution in [0.5, 0.6) is 0 Å². The summed E-state index contributed by atoms with van der Waals surface area (Å²) >= 11 is 0. The first kappa shape index (κ1) is 91.4. The number of methoxy groups -OCH3 is 1. The van der Waals surface area contributed by atoms with E-state index < -0.39 is 174 Å². The Morgan fingerprint density at radius 3 is 1.40 bits per heavy atom. The highest BCUT2D eigenvalue weighted by atomic mass is 16.6. The van der Waals surface area contributed by atoms with E-state index in [4.69, 9.17) is 14.2 Å². The molecular formula is C72H127N11O16. The van der Waals surface area contributed by atoms with E-state index in [1.54, 1.807) is 88.4 Å². The summed E-state index contributed by atoms with van der Waals surface area (Å²) in [7, 11) is 11.3. The van der Waals surface area contributed by atoms with Crippen LogP contribution in [0, 0.1) is 41.4 Å². The SMILES string of the molecule is C/C=C/C[C@@H](C)[C@@H](OC(C)=O)[C@@H](C(=O)N[C@@H](CC)C(=O)N(C)CC(=O)N(C)[C@H](/C=C/C(=O)OC)CC(C)C)N(C)C(=O)[C@H](C(C)C)N(C)C(=O)[C@H](CC(C)C)N(C)C(=O)[C@H](CC(C)C)N(C)C(=O)[C@@H](C)NC(=O)[C@H](C)NC(=O)[C@H](CC(C)C)N(C)C(=O)[C@@H](NC(=O)OC(C)(C)C)C(C)C. The van der Waals surface area contributed by atoms with Crippen molar-refractivity contribution in [3.63, 3.8) is 0 Å². The number of carbonyl (C=O) groups excluding carboxylic acids is 13. The highest BCUT2D eigenvalue weighted by Gasteiger charge is 2.47. The maximum absolute atomic E-state index is 15.5. The van der Waals surface area contributed by atoms with E-state index in [-0.39, 0.29) is 55.8 Å². The second-order valence-electron chi connectivity index (χ2n) is 29.7. The summed E-state index contributed by atoms with van der Waals surface area (Å²) < 4.78 is 16.1. The first-order valence-electron chi connectivity index (χ1n) is 34.8. The number of alkyl carbamates (subject to hydrolysis) is 1. The van der Waals surface area contributed by atoms with Crippen molar-refractivity contribution >= 4 is 77.1 Å². The van der Waals surface area contributed by atoms with Crippen LogP contribution in [0.15, 0.2) is 24.3 Å². The molecule has 0 saturated carbocycles. The van der Waals surface area contributed by atoms with Gasteiger partial charge >= 0.3 is 18.0 Å². The summed E-state index contributed by atoms with van der Waals surface area (Å²) in [5.41, 5.74) is -0.837. The minimum Gasteiger partial charge on any atom is -0.466 e. The van der Waals surface area contributed by atoms with Crippen LogP contribution >= 0.6 is 0 Å². The molecule has 27 heteroatoms. The molecule has 0 unspecified atom stereocenters. The third kappa shape index (κ3) is 29.6. The summed E-state index contributed by atoms with van der Waals surface area (Å²) in [5.74, 6) is -9.97. The van der Waals surface area contributed by atoms with Gasteiger partial charge in [-0.05, 0) is 121 Å². The van der Waals surface area contributed by atoms with Gasteiger partial charge in [0.2, 0.25) is 59.1 Å². The highest BCUT2D eigenvalue weighted by Crippen LogP contribution is 2.27. The monoisotopic (exact) mass is 1400 g/mol. The number of nitrogens with zero attached hydrogens (tertiary/aromatic N) is 7. The van der Waals surface area contributed by atoms with Crippen molar-refractivity contribution in [2.24, 2.45) is 41.4 Å². The van der Waals surface area contributed by atoms with E-state index in [9.17, 15) is 43.2 Å². The van der Waals surface area contributed by atoms with Crippen molar-refractivity contribution in [3.8, 4) is 0 Å². The van der Waals surface area contributed by atoms with E-state index in [1.165, 1.54) is 106 Å². The molecule has 4 N–H and O–H groups in total. The fourth-order valence-corrected chi connectivity index (χ4v) is 11.4. The average molecular weight is 1400 g/mol. The maximum Gasteiger partial charge on any atom is 0.408 e. The Morgan fingerprint density at radius 1 is 0.495 bits per heavy atom. The van der Waals surface area contributed by atoms with Crippen LogP contribution in [0.2, 0.25) is 0 Å². The molecule has 0 aromatic carbocycles. The Kier molecular flexibility index (Phi) is 39.2. The van der Waals surface area contributed by atoms with Gasteiger partial charge in [0.1, 0.15) is 66.1 Å². The summed E-state index contributed by atoms with van der Waals surface area (Å²) in [6.07, 6.45) is 5.50. The Balaban J connectivity index is 7.33. The molecule has 27 nitrogen and oxygen atoms in total. The number of esters is 2. The van der Waals surface area contributed by atoms with Crippen LogP contribution in [0.1, 0.15) is 184 Å². The van der Waals surface area contributed by atoms with Gasteiger partial charge in [-0.1, -0.05) is 115 Å². The van der Waals surface area contributed by atoms with Gasteiger partial charge in [-0.15, -0.1) is 0 Å². The van der Waals surface area contributed by atoms with Gasteiger partial charge in [-0.25, -0.2) is 9.59 Å². The van der Waals surface area contributed by atoms with Crippen molar-refractivity contribution in [2.75, 3.05) is 63.0 Å². The zero-order chi connectivity index (χ0) is 77.2. The molecule has 566 valence electrons. The van der Waals surface area contributed by atoms with Crippen molar-refractivity contribution < 1.29 is 76.5 Å². The van der Waals surface area contributed by atoms with Crippen molar-refractivity contribution in [1.82, 2.24) is 55.6 Å². The maximum atomic E-state index is 15.5. The van der Waals surface area contributed by atoms with Crippen molar-refractivity contribution in [2.45, 2.75) is 256 Å². The van der Waals surface area contributed by atoms with Gasteiger partial charge in [-0.3, -0.25) is 52.7 Å². The number of hydrogen-bond donors (Lipinski definition) is 4. The standard InChI is InChI=1S/C72H127N11O16/c1-30-32-33-47(15)61(98-50(18)84)60(64(89)75-52(31-2)66(91)77(22)40-56(85)78(23)51(36-41(3)4)34-35-57(86)97-29)83(28)70(95)59(46(13)14)82(27)68(93)55(39-44(9)10)81(26)67(92)54(38-43(7)8)80(25)65(90)49(17)74-62(87)48(16)73-63(88)53(37-42(5)6)79(24)69(94)58(45(11)12)76-71(96)99-72(19,20)21/h30,32,34-35,41-49,51-55,58-61H,31,33,36-40H2,1-29H3,(H,73,88)(H,74,87)(H,75,89)(H,76,96)/b32-30+,35-34+/t47-,48+,49-,51-,52+,53+,54+,55+,58+,59+,60+,61-/m1/s1. The lowest BCUT2D eigenvalue weighted by Crippen LogP contribution is -2.64. The normalized spacial score (nSPS) is 15.5. The van der Waals surface area contributed by atoms with Crippen LogP contribution in [-0.4, -0.2) is 247 Å². The molecule has 99 heavy (non-hydrogen) atoms. The molecule has 0 bridgehead atoms. The van der Waals surface area contributed by atoms with Crippen molar-refractivity contribution in [3.05, 3.63) is 24.3 Å². The Bertz CT molecular complexity index is 2780. The Hall–Kier alpha value is -7.61. The van der Waals surface area contributed by atoms with Gasteiger partial charge in [0.25, 0.3) is 0 Å². The summed E-state index contributed by atoms with van der Waals surface area (Å²) in [4.78, 5) is 192. The molecule has 0 aliphatic rings. The number of hydrogen-bond acceptors (Lipinski definition) is 16. The number of likely N-dealkylation sites (N-methyl/N-ethyl adjacent to an activating group) is 7. The Morgan fingerprint density at radius 2 is 0.960 bits per heavy atom. The minimum atomic E-state index is -1.61. The highest BCUT2D eigenvalue weighted by molar-refractivity contribution is 5.99. The Labute approximate surface area is 591 Å². The lowest BCUT2D eigenvalue weighted by molar-refractivity contribution is -0.164. The molecular weight excluding hydrogens is 1270 g/mol. The van der Waals surface area contributed by atoms with Crippen LogP contribution in [0.3, 0.4) is 0 Å². The van der Waals surface area contributed by atoms with Crippen LogP contribution in [0.25, 0.3) is 0 Å². The van der Waals surface area contributed by atoms with E-state index in [0.717, 1.165) is 4.90 Å². The minimum absolute atomic E-state index is 0.0326. The van der Waals surface area contributed by atoms with Gasteiger partial charge in [0.05, 0.1) is 19.7 Å². The molecule has 11 amide bonds. The number of rotatable bonds is 39. The fraction of sp³-hybridized carbons (Fsp3) is 0.764. The number of carbonyl (C=O) groups is 13. The largest absolute Gasteiger partial charge is 0.466 e. The first-order valence-corrected chi connectivity index (χ1v) is 34.8. The van der Waals surface area contributed by atoms with E-state index in [1.807, 2.05) is 61.5 Å². The third-order valence-corrected chi connectivity index (χ3v) is 17.1. The lowest BCUT2D eigenvalue weighted by Gasteiger charge is -2.42. The molecule has 0 aliphatic heterocycles. The molecule has 0 saturated heterocycles. The van der Waals surface area contributed by atoms with E-state index in [2.05, 4.69) is 21.3 Å². The van der Waals surface area contributed by atoms with Crippen molar-refractivity contribution in [1.29, 1.82) is 0 Å². The number of ether oxygens (including phenoxy) is 3. The second-order valence-corrected chi connectivity index (χ2v) is 29.7. The molecule has 0 heterocycles. The lowest BCUT2D eigenvalue weighted by atomic mass is 9.91. The van der Waals surface area contributed by atoms with Crippen LogP contribution in [0.4, 0.5) is 4.79 Å². The van der Waals surface area contributed by atoms with Gasteiger partial charge in [0, 0.05) is 62.3 Å². The quantitative estimate of drug-likeness (QED) is 0.0239. The molecule has 0 spiro atoms. The summed E-state index contributed by atoms with van der Waals surface area (Å²) in [5, 5.41) is 10.8. The van der Waals surface area contributed by atoms with Gasteiger partial charge in [0.15, 0.2) is 0 Å². The average Bonchev–Trinajstić information content (AvgIpc) is 0.798. The molecule has 0 aromatic heterocycles. The fourth-order valence-electron chi connectivity index (χ4n) is 11.4. The van der Waals surface area contributed by atoms with Gasteiger partial charge in [-0.2, -0.15) is 0 Å². The van der Waals surface area contributed by atoms with Crippen LogP contribution < -0.4 is 21.3 Å². The molecule has 0 aliphatic carbocycles. The molecule has 12 atom stereocenters. The zero-order valence-corrected chi connectivity index (χ0v) is 65.3. The van der Waals surface area contributed by atoms with Crippen LogP contribution in [-0.2, 0) is 71.7 Å². The van der Waals surface area contributed by atoms with E-state index >= 15 is 19.2 Å².